The molecular weight excluding hydrogens is 314 g/mol. The van der Waals surface area contributed by atoms with E-state index in [1.807, 2.05) is 0 Å². The van der Waals surface area contributed by atoms with Gasteiger partial charge in [0.05, 0.1) is 18.6 Å². The molecular formula is C16H21N3O5. The van der Waals surface area contributed by atoms with E-state index in [1.165, 1.54) is 7.11 Å². The molecule has 1 aliphatic heterocycles. The van der Waals surface area contributed by atoms with Crippen LogP contribution in [0, 0.1) is 0 Å². The SMILES string of the molecule is COCC(C)(CC(=O)O)NC(=O)c1ccc(N2CCNC2=O)cc1. The van der Waals surface area contributed by atoms with E-state index >= 15 is 0 Å². The predicted molar refractivity (Wildman–Crippen MR) is 87.2 cm³/mol. The minimum absolute atomic E-state index is 0.0804. The number of rotatable bonds is 7. The number of benzene rings is 1. The average molecular weight is 335 g/mol. The van der Waals surface area contributed by atoms with Gasteiger partial charge in [-0.05, 0) is 31.2 Å². The van der Waals surface area contributed by atoms with Crippen molar-refractivity contribution in [3.63, 3.8) is 0 Å². The van der Waals surface area contributed by atoms with Gasteiger partial charge in [0.15, 0.2) is 0 Å². The zero-order chi connectivity index (χ0) is 17.7. The largest absolute Gasteiger partial charge is 0.481 e. The van der Waals surface area contributed by atoms with Crippen molar-refractivity contribution in [1.29, 1.82) is 0 Å². The fourth-order valence-electron chi connectivity index (χ4n) is 2.64. The first kappa shape index (κ1) is 17.7. The summed E-state index contributed by atoms with van der Waals surface area (Å²) >= 11 is 0. The first-order valence-corrected chi connectivity index (χ1v) is 7.53. The maximum absolute atomic E-state index is 12.4. The molecule has 1 aromatic carbocycles. The Kier molecular flexibility index (Phi) is 5.40. The Balaban J connectivity index is 2.08. The van der Waals surface area contributed by atoms with Gasteiger partial charge in [0.2, 0.25) is 0 Å². The third kappa shape index (κ3) is 4.23. The Hall–Kier alpha value is -2.61. The predicted octanol–water partition coefficient (Wildman–Crippen LogP) is 0.826. The summed E-state index contributed by atoms with van der Waals surface area (Å²) in [5.74, 6) is -1.42. The Morgan fingerprint density at radius 2 is 2.04 bits per heavy atom. The number of anilines is 1. The van der Waals surface area contributed by atoms with E-state index in [1.54, 1.807) is 36.1 Å². The second-order valence-electron chi connectivity index (χ2n) is 5.95. The molecule has 1 unspecified atom stereocenters. The smallest absolute Gasteiger partial charge is 0.321 e. The molecule has 0 spiro atoms. The van der Waals surface area contributed by atoms with E-state index in [0.717, 1.165) is 0 Å². The van der Waals surface area contributed by atoms with Gasteiger partial charge >= 0.3 is 12.0 Å². The number of amides is 3. The molecule has 3 N–H and O–H groups in total. The van der Waals surface area contributed by atoms with Gasteiger partial charge in [-0.2, -0.15) is 0 Å². The molecule has 2 rings (SSSR count). The van der Waals surface area contributed by atoms with E-state index in [0.29, 0.717) is 24.3 Å². The van der Waals surface area contributed by atoms with Crippen LogP contribution in [-0.4, -0.2) is 55.4 Å². The highest BCUT2D eigenvalue weighted by molar-refractivity contribution is 5.97. The van der Waals surface area contributed by atoms with Crippen molar-refractivity contribution in [2.24, 2.45) is 0 Å². The van der Waals surface area contributed by atoms with Crippen molar-refractivity contribution in [1.82, 2.24) is 10.6 Å². The van der Waals surface area contributed by atoms with Crippen molar-refractivity contribution in [3.8, 4) is 0 Å². The van der Waals surface area contributed by atoms with Crippen LogP contribution < -0.4 is 15.5 Å². The van der Waals surface area contributed by atoms with Gasteiger partial charge in [-0.15, -0.1) is 0 Å². The molecule has 0 aromatic heterocycles. The number of nitrogens with one attached hydrogen (secondary N) is 2. The molecule has 3 amide bonds. The van der Waals surface area contributed by atoms with Crippen LogP contribution in [0.3, 0.4) is 0 Å². The summed E-state index contributed by atoms with van der Waals surface area (Å²) in [6, 6.07) is 6.41. The third-order valence-electron chi connectivity index (χ3n) is 3.72. The van der Waals surface area contributed by atoms with Crippen LogP contribution in [0.25, 0.3) is 0 Å². The number of aliphatic carboxylic acids is 1. The van der Waals surface area contributed by atoms with Gasteiger partial charge in [-0.1, -0.05) is 0 Å². The van der Waals surface area contributed by atoms with Crippen LogP contribution in [0.2, 0.25) is 0 Å². The van der Waals surface area contributed by atoms with E-state index < -0.39 is 17.4 Å². The summed E-state index contributed by atoms with van der Waals surface area (Å²) in [4.78, 5) is 36.5. The monoisotopic (exact) mass is 335 g/mol. The van der Waals surface area contributed by atoms with Crippen LogP contribution in [0.1, 0.15) is 23.7 Å². The van der Waals surface area contributed by atoms with Gasteiger partial charge in [0, 0.05) is 31.5 Å². The standard InChI is InChI=1S/C16H21N3O5/c1-16(10-24-2,9-13(20)21)18-14(22)11-3-5-12(6-4-11)19-8-7-17-15(19)23/h3-6H,7-10H2,1-2H3,(H,17,23)(H,18,22)(H,20,21). The first-order valence-electron chi connectivity index (χ1n) is 7.53. The summed E-state index contributed by atoms with van der Waals surface area (Å²) in [6.07, 6.45) is -0.251. The van der Waals surface area contributed by atoms with E-state index in [9.17, 15) is 14.4 Å². The molecule has 1 aliphatic rings. The van der Waals surface area contributed by atoms with Crippen molar-refractivity contribution < 1.29 is 24.2 Å². The second kappa shape index (κ2) is 7.31. The minimum atomic E-state index is -1.02. The molecule has 1 aromatic rings. The fraction of sp³-hybridized carbons (Fsp3) is 0.438. The van der Waals surface area contributed by atoms with Crippen molar-refractivity contribution in [2.45, 2.75) is 18.9 Å². The molecule has 0 radical (unpaired) electrons. The summed E-state index contributed by atoms with van der Waals surface area (Å²) in [6.45, 7) is 2.86. The Morgan fingerprint density at radius 1 is 1.38 bits per heavy atom. The number of methoxy groups -OCH3 is 1. The third-order valence-corrected chi connectivity index (χ3v) is 3.72. The lowest BCUT2D eigenvalue weighted by Gasteiger charge is -2.28. The Labute approximate surface area is 139 Å². The van der Waals surface area contributed by atoms with Gasteiger partial charge in [0.25, 0.3) is 5.91 Å². The summed E-state index contributed by atoms with van der Waals surface area (Å²) in [5, 5.41) is 14.4. The highest BCUT2D eigenvalue weighted by Gasteiger charge is 2.30. The topological polar surface area (TPSA) is 108 Å². The molecule has 1 saturated heterocycles. The van der Waals surface area contributed by atoms with Crippen LogP contribution in [0.15, 0.2) is 24.3 Å². The molecule has 1 fully saturated rings. The summed E-state index contributed by atoms with van der Waals surface area (Å²) in [5.41, 5.74) is 0.0726. The first-order chi connectivity index (χ1) is 11.3. The highest BCUT2D eigenvalue weighted by atomic mass is 16.5. The lowest BCUT2D eigenvalue weighted by molar-refractivity contribution is -0.139. The van der Waals surface area contributed by atoms with Crippen molar-refractivity contribution in [3.05, 3.63) is 29.8 Å². The van der Waals surface area contributed by atoms with Crippen LogP contribution in [0.4, 0.5) is 10.5 Å². The number of carboxylic acids is 1. The Bertz CT molecular complexity index is 631. The van der Waals surface area contributed by atoms with Gasteiger partial charge in [-0.3, -0.25) is 14.5 Å². The van der Waals surface area contributed by atoms with Crippen LogP contribution in [-0.2, 0) is 9.53 Å². The number of carboxylic acid groups (broad SMARTS) is 1. The van der Waals surface area contributed by atoms with Crippen molar-refractivity contribution >= 4 is 23.6 Å². The normalized spacial score (nSPS) is 16.4. The number of hydrogen-bond acceptors (Lipinski definition) is 4. The molecule has 130 valence electrons. The molecule has 8 nitrogen and oxygen atoms in total. The van der Waals surface area contributed by atoms with E-state index in [2.05, 4.69) is 10.6 Å². The average Bonchev–Trinajstić information content (AvgIpc) is 2.92. The van der Waals surface area contributed by atoms with Crippen LogP contribution >= 0.6 is 0 Å². The maximum Gasteiger partial charge on any atom is 0.321 e. The summed E-state index contributed by atoms with van der Waals surface area (Å²) in [7, 11) is 1.45. The number of hydrogen-bond donors (Lipinski definition) is 3. The molecule has 1 heterocycles. The lowest BCUT2D eigenvalue weighted by Crippen LogP contribution is -2.50. The number of carbonyl (C=O) groups excluding carboxylic acids is 2. The number of carbonyl (C=O) groups is 3. The molecule has 0 aliphatic carbocycles. The number of ether oxygens (including phenoxy) is 1. The van der Waals surface area contributed by atoms with Crippen LogP contribution in [0.5, 0.6) is 0 Å². The highest BCUT2D eigenvalue weighted by Crippen LogP contribution is 2.18. The van der Waals surface area contributed by atoms with Gasteiger partial charge in [-0.25, -0.2) is 4.79 Å². The molecule has 24 heavy (non-hydrogen) atoms. The van der Waals surface area contributed by atoms with Crippen molar-refractivity contribution in [2.75, 3.05) is 31.7 Å². The Morgan fingerprint density at radius 3 is 2.54 bits per heavy atom. The number of urea groups is 1. The zero-order valence-corrected chi connectivity index (χ0v) is 13.7. The van der Waals surface area contributed by atoms with E-state index in [4.69, 9.17) is 9.84 Å². The quantitative estimate of drug-likeness (QED) is 0.684. The zero-order valence-electron chi connectivity index (χ0n) is 13.7. The molecule has 8 heteroatoms. The number of nitrogens with zero attached hydrogens (tertiary/aromatic N) is 1. The molecule has 0 saturated carbocycles. The fourth-order valence-corrected chi connectivity index (χ4v) is 2.64. The maximum atomic E-state index is 12.4. The minimum Gasteiger partial charge on any atom is -0.481 e. The second-order valence-corrected chi connectivity index (χ2v) is 5.95. The summed E-state index contributed by atoms with van der Waals surface area (Å²) < 4.78 is 5.01. The van der Waals surface area contributed by atoms with Gasteiger partial charge in [0.1, 0.15) is 0 Å². The van der Waals surface area contributed by atoms with Gasteiger partial charge < -0.3 is 20.5 Å². The molecule has 0 bridgehead atoms. The van der Waals surface area contributed by atoms with E-state index in [-0.39, 0.29) is 19.1 Å². The lowest BCUT2D eigenvalue weighted by atomic mass is 9.98. The molecule has 1 atom stereocenters.